The second kappa shape index (κ2) is 9.37. The highest BCUT2D eigenvalue weighted by Crippen LogP contribution is 2.32. The van der Waals surface area contributed by atoms with Crippen molar-refractivity contribution >= 4 is 17.7 Å². The monoisotopic (exact) mass is 393 g/mol. The molecule has 0 saturated carbocycles. The summed E-state index contributed by atoms with van der Waals surface area (Å²) in [7, 11) is 0. The normalized spacial score (nSPS) is 15.4. The summed E-state index contributed by atoms with van der Waals surface area (Å²) in [5.74, 6) is -0.273. The molecule has 6 heteroatoms. The smallest absolute Gasteiger partial charge is 0.251 e. The number of hydrogen-bond donors (Lipinski definition) is 2. The zero-order valence-electron chi connectivity index (χ0n) is 16.9. The van der Waals surface area contributed by atoms with Gasteiger partial charge in [-0.1, -0.05) is 36.4 Å². The van der Waals surface area contributed by atoms with Crippen molar-refractivity contribution in [2.45, 2.75) is 39.3 Å². The molecule has 1 aliphatic rings. The molecule has 29 heavy (non-hydrogen) atoms. The van der Waals surface area contributed by atoms with Gasteiger partial charge >= 0.3 is 0 Å². The second-order valence-corrected chi connectivity index (χ2v) is 7.22. The first-order valence-corrected chi connectivity index (χ1v) is 9.98. The molecule has 152 valence electrons. The summed E-state index contributed by atoms with van der Waals surface area (Å²) in [4.78, 5) is 38.5. The number of benzene rings is 2. The Kier molecular flexibility index (Phi) is 6.65. The van der Waals surface area contributed by atoms with Crippen LogP contribution in [-0.2, 0) is 22.6 Å². The van der Waals surface area contributed by atoms with Gasteiger partial charge in [-0.25, -0.2) is 0 Å². The lowest BCUT2D eigenvalue weighted by atomic mass is 9.90. The quantitative estimate of drug-likeness (QED) is 0.792. The van der Waals surface area contributed by atoms with Gasteiger partial charge in [-0.2, -0.15) is 0 Å². The number of amides is 3. The van der Waals surface area contributed by atoms with Crippen molar-refractivity contribution in [3.63, 3.8) is 0 Å². The van der Waals surface area contributed by atoms with Crippen LogP contribution < -0.4 is 10.6 Å². The maximum atomic E-state index is 12.7. The molecular weight excluding hydrogens is 366 g/mol. The van der Waals surface area contributed by atoms with E-state index in [0.717, 1.165) is 17.5 Å². The fourth-order valence-electron chi connectivity index (χ4n) is 3.78. The number of hydrogen-bond acceptors (Lipinski definition) is 3. The summed E-state index contributed by atoms with van der Waals surface area (Å²) >= 11 is 0. The number of carbonyl (C=O) groups excluding carboxylic acids is 3. The Bertz CT molecular complexity index is 910. The van der Waals surface area contributed by atoms with E-state index >= 15 is 0 Å². The highest BCUT2D eigenvalue weighted by atomic mass is 16.2. The molecule has 6 nitrogen and oxygen atoms in total. The minimum atomic E-state index is -0.251. The lowest BCUT2D eigenvalue weighted by Gasteiger charge is -2.36. The molecule has 1 aliphatic heterocycles. The fraction of sp³-hybridized carbons (Fsp3) is 0.348. The van der Waals surface area contributed by atoms with Crippen molar-refractivity contribution in [2.24, 2.45) is 0 Å². The summed E-state index contributed by atoms with van der Waals surface area (Å²) in [6.45, 7) is 4.94. The summed E-state index contributed by atoms with van der Waals surface area (Å²) in [5, 5.41) is 5.70. The first kappa shape index (κ1) is 20.6. The van der Waals surface area contributed by atoms with Crippen molar-refractivity contribution < 1.29 is 14.4 Å². The molecule has 2 aromatic carbocycles. The number of carbonyl (C=O) groups is 3. The van der Waals surface area contributed by atoms with E-state index in [1.54, 1.807) is 30.0 Å². The SMILES string of the molecule is CCNC(=O)c1cccc(CNC(=O)CC2c3ccccc3CCN2C(C)=O)c1. The van der Waals surface area contributed by atoms with E-state index in [1.165, 1.54) is 5.56 Å². The van der Waals surface area contributed by atoms with E-state index in [4.69, 9.17) is 0 Å². The van der Waals surface area contributed by atoms with Crippen LogP contribution in [0.3, 0.4) is 0 Å². The number of nitrogens with one attached hydrogen (secondary N) is 2. The van der Waals surface area contributed by atoms with Gasteiger partial charge in [0.1, 0.15) is 0 Å². The molecule has 2 aromatic rings. The first-order valence-electron chi connectivity index (χ1n) is 9.98. The highest BCUT2D eigenvalue weighted by Gasteiger charge is 2.30. The van der Waals surface area contributed by atoms with E-state index in [2.05, 4.69) is 16.7 Å². The van der Waals surface area contributed by atoms with Crippen LogP contribution >= 0.6 is 0 Å². The highest BCUT2D eigenvalue weighted by molar-refractivity contribution is 5.94. The van der Waals surface area contributed by atoms with Crippen molar-refractivity contribution in [3.05, 3.63) is 70.8 Å². The van der Waals surface area contributed by atoms with E-state index in [9.17, 15) is 14.4 Å². The van der Waals surface area contributed by atoms with Crippen LogP contribution in [-0.4, -0.2) is 35.7 Å². The van der Waals surface area contributed by atoms with Gasteiger partial charge in [0.25, 0.3) is 5.91 Å². The molecule has 0 spiro atoms. The Balaban J connectivity index is 1.66. The minimum absolute atomic E-state index is 0.0214. The van der Waals surface area contributed by atoms with Crippen LogP contribution in [0.15, 0.2) is 48.5 Å². The van der Waals surface area contributed by atoms with Gasteiger partial charge in [-0.3, -0.25) is 14.4 Å². The Morgan fingerprint density at radius 1 is 1.07 bits per heavy atom. The molecule has 1 atom stereocenters. The summed E-state index contributed by atoms with van der Waals surface area (Å²) in [6, 6.07) is 15.0. The van der Waals surface area contributed by atoms with Crippen LogP contribution in [0.1, 0.15) is 53.4 Å². The predicted molar refractivity (Wildman–Crippen MR) is 111 cm³/mol. The number of nitrogens with zero attached hydrogens (tertiary/aromatic N) is 1. The van der Waals surface area contributed by atoms with Crippen molar-refractivity contribution in [1.82, 2.24) is 15.5 Å². The van der Waals surface area contributed by atoms with Gasteiger partial charge in [0, 0.05) is 32.1 Å². The second-order valence-electron chi connectivity index (χ2n) is 7.22. The van der Waals surface area contributed by atoms with Gasteiger partial charge in [-0.15, -0.1) is 0 Å². The van der Waals surface area contributed by atoms with E-state index in [0.29, 0.717) is 25.2 Å². The first-order chi connectivity index (χ1) is 14.0. The Morgan fingerprint density at radius 3 is 2.62 bits per heavy atom. The summed E-state index contributed by atoms with van der Waals surface area (Å²) < 4.78 is 0. The fourth-order valence-corrected chi connectivity index (χ4v) is 3.78. The maximum absolute atomic E-state index is 12.7. The molecule has 0 radical (unpaired) electrons. The average Bonchev–Trinajstić information content (AvgIpc) is 2.72. The largest absolute Gasteiger partial charge is 0.352 e. The van der Waals surface area contributed by atoms with E-state index < -0.39 is 0 Å². The van der Waals surface area contributed by atoms with Crippen LogP contribution in [0.5, 0.6) is 0 Å². The lowest BCUT2D eigenvalue weighted by molar-refractivity contribution is -0.133. The zero-order valence-corrected chi connectivity index (χ0v) is 16.9. The molecular formula is C23H27N3O3. The third-order valence-electron chi connectivity index (χ3n) is 5.21. The third kappa shape index (κ3) is 5.02. The molecule has 1 heterocycles. The molecule has 0 aliphatic carbocycles. The van der Waals surface area contributed by atoms with Gasteiger partial charge in [-0.05, 0) is 42.2 Å². The molecule has 0 fully saturated rings. The topological polar surface area (TPSA) is 78.5 Å². The van der Waals surface area contributed by atoms with Gasteiger partial charge < -0.3 is 15.5 Å². The molecule has 3 amide bonds. The van der Waals surface area contributed by atoms with Crippen LogP contribution in [0.2, 0.25) is 0 Å². The maximum Gasteiger partial charge on any atom is 0.251 e. The third-order valence-corrected chi connectivity index (χ3v) is 5.21. The van der Waals surface area contributed by atoms with Crippen molar-refractivity contribution in [1.29, 1.82) is 0 Å². The Labute approximate surface area is 171 Å². The van der Waals surface area contributed by atoms with Crippen molar-refractivity contribution in [2.75, 3.05) is 13.1 Å². The van der Waals surface area contributed by atoms with Crippen LogP contribution in [0.25, 0.3) is 0 Å². The molecule has 0 saturated heterocycles. The molecule has 0 bridgehead atoms. The number of fused-ring (bicyclic) bond motifs is 1. The summed E-state index contributed by atoms with van der Waals surface area (Å²) in [5.41, 5.74) is 3.66. The zero-order chi connectivity index (χ0) is 20.8. The standard InChI is InChI=1S/C23H27N3O3/c1-3-24-23(29)19-9-6-7-17(13-19)15-25-22(28)14-21-20-10-5-4-8-18(20)11-12-26(21)16(2)27/h4-10,13,21H,3,11-12,14-15H2,1-2H3,(H,24,29)(H,25,28). The minimum Gasteiger partial charge on any atom is -0.352 e. The average molecular weight is 393 g/mol. The molecule has 2 N–H and O–H groups in total. The summed E-state index contributed by atoms with van der Waals surface area (Å²) in [6.07, 6.45) is 1.02. The van der Waals surface area contributed by atoms with E-state index in [1.807, 2.05) is 31.2 Å². The molecule has 0 aromatic heterocycles. The van der Waals surface area contributed by atoms with Crippen LogP contribution in [0, 0.1) is 0 Å². The molecule has 3 rings (SSSR count). The molecule has 1 unspecified atom stereocenters. The Hall–Kier alpha value is -3.15. The van der Waals surface area contributed by atoms with Crippen molar-refractivity contribution in [3.8, 4) is 0 Å². The van der Waals surface area contributed by atoms with Gasteiger partial charge in [0.15, 0.2) is 0 Å². The lowest BCUT2D eigenvalue weighted by Crippen LogP contribution is -2.41. The van der Waals surface area contributed by atoms with Crippen LogP contribution in [0.4, 0.5) is 0 Å². The number of rotatable bonds is 6. The van der Waals surface area contributed by atoms with Gasteiger partial charge in [0.05, 0.1) is 12.5 Å². The Morgan fingerprint density at radius 2 is 1.86 bits per heavy atom. The van der Waals surface area contributed by atoms with E-state index in [-0.39, 0.29) is 30.2 Å². The predicted octanol–water partition coefficient (Wildman–Crippen LogP) is 2.59. The van der Waals surface area contributed by atoms with Gasteiger partial charge in [0.2, 0.25) is 11.8 Å².